The maximum atomic E-state index is 11.4. The minimum Gasteiger partial charge on any atom is -0.393 e. The molecule has 116 valence electrons. The standard InChI is InChI=1S/C12H18N4O4S/c1-21(19,20)15-7-5-14(6-8-15)9-10-3-2-4-11(12(10)13)16(17)18/h2-4H,5-9,13H2,1H3. The number of nitro groups is 1. The smallest absolute Gasteiger partial charge is 0.292 e. The van der Waals surface area contributed by atoms with Gasteiger partial charge >= 0.3 is 0 Å². The summed E-state index contributed by atoms with van der Waals surface area (Å²) in [7, 11) is -3.16. The number of rotatable bonds is 4. The van der Waals surface area contributed by atoms with Crippen molar-refractivity contribution in [2.24, 2.45) is 0 Å². The summed E-state index contributed by atoms with van der Waals surface area (Å²) in [6.07, 6.45) is 1.20. The predicted octanol–water partition coefficient (Wildman–Crippen LogP) is 0.254. The molecule has 0 unspecified atom stereocenters. The van der Waals surface area contributed by atoms with Crippen LogP contribution >= 0.6 is 0 Å². The van der Waals surface area contributed by atoms with E-state index in [0.717, 1.165) is 0 Å². The molecule has 0 aromatic heterocycles. The lowest BCUT2D eigenvalue weighted by atomic mass is 10.1. The maximum absolute atomic E-state index is 11.4. The number of nitrogen functional groups attached to an aromatic ring is 1. The zero-order chi connectivity index (χ0) is 15.6. The molecule has 1 fully saturated rings. The maximum Gasteiger partial charge on any atom is 0.292 e. The van der Waals surface area contributed by atoms with Gasteiger partial charge in [0.1, 0.15) is 5.69 Å². The van der Waals surface area contributed by atoms with Crippen LogP contribution in [-0.2, 0) is 16.6 Å². The number of benzene rings is 1. The third-order valence-electron chi connectivity index (χ3n) is 3.56. The van der Waals surface area contributed by atoms with Gasteiger partial charge in [0.2, 0.25) is 10.0 Å². The number of nitrogens with two attached hydrogens (primary N) is 1. The molecule has 8 nitrogen and oxygen atoms in total. The Bertz CT molecular complexity index is 639. The monoisotopic (exact) mass is 314 g/mol. The molecule has 2 N–H and O–H groups in total. The first-order valence-corrected chi connectivity index (χ1v) is 8.33. The van der Waals surface area contributed by atoms with Crippen LogP contribution in [0.1, 0.15) is 5.56 Å². The first kappa shape index (κ1) is 15.7. The van der Waals surface area contributed by atoms with E-state index in [1.807, 2.05) is 4.90 Å². The van der Waals surface area contributed by atoms with E-state index < -0.39 is 14.9 Å². The van der Waals surface area contributed by atoms with Crippen molar-refractivity contribution < 1.29 is 13.3 Å². The van der Waals surface area contributed by atoms with Crippen LogP contribution in [-0.4, -0.2) is 55.0 Å². The van der Waals surface area contributed by atoms with Crippen LogP contribution in [0.15, 0.2) is 18.2 Å². The summed E-state index contributed by atoms with van der Waals surface area (Å²) in [5, 5.41) is 10.9. The van der Waals surface area contributed by atoms with Crippen molar-refractivity contribution in [3.05, 3.63) is 33.9 Å². The number of sulfonamides is 1. The lowest BCUT2D eigenvalue weighted by molar-refractivity contribution is -0.384. The molecule has 1 heterocycles. The molecule has 1 aromatic carbocycles. The Balaban J connectivity index is 2.05. The van der Waals surface area contributed by atoms with Gasteiger partial charge in [0, 0.05) is 38.8 Å². The van der Waals surface area contributed by atoms with E-state index in [2.05, 4.69) is 0 Å². The quantitative estimate of drug-likeness (QED) is 0.485. The zero-order valence-electron chi connectivity index (χ0n) is 11.7. The molecular formula is C12H18N4O4S. The second kappa shape index (κ2) is 5.96. The Labute approximate surface area is 123 Å². The van der Waals surface area contributed by atoms with Gasteiger partial charge in [-0.3, -0.25) is 15.0 Å². The number of hydrogen-bond acceptors (Lipinski definition) is 6. The second-order valence-electron chi connectivity index (χ2n) is 5.05. The molecule has 0 bridgehead atoms. The number of nitrogens with zero attached hydrogens (tertiary/aromatic N) is 3. The van der Waals surface area contributed by atoms with E-state index in [1.54, 1.807) is 12.1 Å². The summed E-state index contributed by atoms with van der Waals surface area (Å²) in [4.78, 5) is 12.4. The molecule has 0 aliphatic carbocycles. The van der Waals surface area contributed by atoms with Gasteiger partial charge in [-0.05, 0) is 5.56 Å². The molecule has 0 radical (unpaired) electrons. The number of para-hydroxylation sites is 1. The Morgan fingerprint density at radius 3 is 2.43 bits per heavy atom. The van der Waals surface area contributed by atoms with E-state index in [-0.39, 0.29) is 11.4 Å². The highest BCUT2D eigenvalue weighted by molar-refractivity contribution is 7.88. The van der Waals surface area contributed by atoms with Crippen molar-refractivity contribution in [1.29, 1.82) is 0 Å². The van der Waals surface area contributed by atoms with Crippen LogP contribution in [0.2, 0.25) is 0 Å². The Morgan fingerprint density at radius 1 is 1.29 bits per heavy atom. The molecule has 21 heavy (non-hydrogen) atoms. The largest absolute Gasteiger partial charge is 0.393 e. The van der Waals surface area contributed by atoms with E-state index >= 15 is 0 Å². The van der Waals surface area contributed by atoms with Gasteiger partial charge < -0.3 is 5.73 Å². The lowest BCUT2D eigenvalue weighted by Crippen LogP contribution is -2.47. The van der Waals surface area contributed by atoms with E-state index in [9.17, 15) is 18.5 Å². The lowest BCUT2D eigenvalue weighted by Gasteiger charge is -2.33. The van der Waals surface area contributed by atoms with Crippen LogP contribution in [0.4, 0.5) is 11.4 Å². The van der Waals surface area contributed by atoms with Crippen LogP contribution in [0.5, 0.6) is 0 Å². The predicted molar refractivity (Wildman–Crippen MR) is 79.2 cm³/mol. The summed E-state index contributed by atoms with van der Waals surface area (Å²) < 4.78 is 24.3. The molecule has 0 atom stereocenters. The minimum absolute atomic E-state index is 0.0951. The molecule has 1 aliphatic rings. The number of hydrogen-bond donors (Lipinski definition) is 1. The van der Waals surface area contributed by atoms with E-state index in [0.29, 0.717) is 38.3 Å². The first-order valence-electron chi connectivity index (χ1n) is 6.48. The molecule has 0 amide bonds. The van der Waals surface area contributed by atoms with Crippen LogP contribution in [0.25, 0.3) is 0 Å². The van der Waals surface area contributed by atoms with Gasteiger partial charge in [0.05, 0.1) is 11.2 Å². The number of anilines is 1. The summed E-state index contributed by atoms with van der Waals surface area (Å²) in [5.74, 6) is 0. The Hall–Kier alpha value is -1.71. The Morgan fingerprint density at radius 2 is 1.90 bits per heavy atom. The molecule has 9 heteroatoms. The fourth-order valence-corrected chi connectivity index (χ4v) is 3.18. The molecule has 1 saturated heterocycles. The van der Waals surface area contributed by atoms with Gasteiger partial charge in [-0.2, -0.15) is 4.31 Å². The highest BCUT2D eigenvalue weighted by Crippen LogP contribution is 2.26. The van der Waals surface area contributed by atoms with Crippen LogP contribution < -0.4 is 5.73 Å². The van der Waals surface area contributed by atoms with Crippen molar-refractivity contribution in [1.82, 2.24) is 9.21 Å². The minimum atomic E-state index is -3.16. The van der Waals surface area contributed by atoms with Gasteiger partial charge in [-0.25, -0.2) is 8.42 Å². The summed E-state index contributed by atoms with van der Waals surface area (Å²) in [6, 6.07) is 4.74. The Kier molecular flexibility index (Phi) is 4.45. The van der Waals surface area contributed by atoms with Crippen molar-refractivity contribution in [2.75, 3.05) is 38.2 Å². The van der Waals surface area contributed by atoms with Gasteiger partial charge in [0.15, 0.2) is 0 Å². The van der Waals surface area contributed by atoms with Crippen LogP contribution in [0.3, 0.4) is 0 Å². The molecule has 2 rings (SSSR count). The average molecular weight is 314 g/mol. The van der Waals surface area contributed by atoms with E-state index in [1.165, 1.54) is 16.6 Å². The highest BCUT2D eigenvalue weighted by atomic mass is 32.2. The van der Waals surface area contributed by atoms with Crippen molar-refractivity contribution >= 4 is 21.4 Å². The van der Waals surface area contributed by atoms with Gasteiger partial charge in [-0.1, -0.05) is 12.1 Å². The normalized spacial score (nSPS) is 17.8. The second-order valence-corrected chi connectivity index (χ2v) is 7.03. The zero-order valence-corrected chi connectivity index (χ0v) is 12.5. The molecule has 0 spiro atoms. The number of nitro benzene ring substituents is 1. The first-order chi connectivity index (χ1) is 9.79. The van der Waals surface area contributed by atoms with Crippen LogP contribution in [0, 0.1) is 10.1 Å². The van der Waals surface area contributed by atoms with Crippen molar-refractivity contribution in [3.8, 4) is 0 Å². The third-order valence-corrected chi connectivity index (χ3v) is 4.87. The van der Waals surface area contributed by atoms with Gasteiger partial charge in [0.25, 0.3) is 5.69 Å². The topological polar surface area (TPSA) is 110 Å². The van der Waals surface area contributed by atoms with Gasteiger partial charge in [-0.15, -0.1) is 0 Å². The highest BCUT2D eigenvalue weighted by Gasteiger charge is 2.24. The summed E-state index contributed by atoms with van der Waals surface area (Å²) >= 11 is 0. The van der Waals surface area contributed by atoms with Crippen molar-refractivity contribution in [3.63, 3.8) is 0 Å². The molecule has 1 aliphatic heterocycles. The average Bonchev–Trinajstić information content (AvgIpc) is 2.40. The third kappa shape index (κ3) is 3.69. The van der Waals surface area contributed by atoms with E-state index in [4.69, 9.17) is 5.73 Å². The summed E-state index contributed by atoms with van der Waals surface area (Å²) in [5.41, 5.74) is 6.59. The van der Waals surface area contributed by atoms with Crippen molar-refractivity contribution in [2.45, 2.75) is 6.54 Å². The SMILES string of the molecule is CS(=O)(=O)N1CCN(Cc2cccc([N+](=O)[O-])c2N)CC1. The summed E-state index contributed by atoms with van der Waals surface area (Å²) in [6.45, 7) is 2.48. The fourth-order valence-electron chi connectivity index (χ4n) is 2.36. The fraction of sp³-hybridized carbons (Fsp3) is 0.500. The molecule has 0 saturated carbocycles. The number of piperazine rings is 1. The molecular weight excluding hydrogens is 296 g/mol. The molecule has 1 aromatic rings.